The Balaban J connectivity index is 2.20. The lowest BCUT2D eigenvalue weighted by atomic mass is 10.00. The Kier molecular flexibility index (Phi) is 4.88. The summed E-state index contributed by atoms with van der Waals surface area (Å²) in [6.07, 6.45) is -3.78. The van der Waals surface area contributed by atoms with E-state index in [-0.39, 0.29) is 6.04 Å². The number of halogens is 4. The Morgan fingerprint density at radius 1 is 1.30 bits per heavy atom. The summed E-state index contributed by atoms with van der Waals surface area (Å²) in [5.41, 5.74) is 1.14. The van der Waals surface area contributed by atoms with Gasteiger partial charge in [0.15, 0.2) is 0 Å². The summed E-state index contributed by atoms with van der Waals surface area (Å²) in [5.74, 6) is 0. The highest BCUT2D eigenvalue weighted by Gasteiger charge is 2.30. The molecular formula is C14H13BrF3NS. The van der Waals surface area contributed by atoms with E-state index in [2.05, 4.69) is 21.2 Å². The molecule has 0 bridgehead atoms. The van der Waals surface area contributed by atoms with Crippen molar-refractivity contribution in [1.29, 1.82) is 0 Å². The number of hydrogen-bond acceptors (Lipinski definition) is 2. The molecule has 0 aliphatic heterocycles. The molecule has 20 heavy (non-hydrogen) atoms. The van der Waals surface area contributed by atoms with E-state index in [0.29, 0.717) is 12.0 Å². The standard InChI is InChI=1S/C14H13BrF3NS/c1-19-12(10-7-13(15)20-8-10)6-9-3-2-4-11(5-9)14(16,17)18/h2-5,7-8,12,19H,6H2,1H3. The average molecular weight is 364 g/mol. The second-order valence-corrected chi connectivity index (χ2v) is 6.72. The van der Waals surface area contributed by atoms with Crippen molar-refractivity contribution in [2.75, 3.05) is 7.05 Å². The number of likely N-dealkylation sites (N-methyl/N-ethyl adjacent to an activating group) is 1. The first-order valence-corrected chi connectivity index (χ1v) is 7.64. The summed E-state index contributed by atoms with van der Waals surface area (Å²) < 4.78 is 39.1. The molecule has 6 heteroatoms. The van der Waals surface area contributed by atoms with Gasteiger partial charge >= 0.3 is 6.18 Å². The highest BCUT2D eigenvalue weighted by molar-refractivity contribution is 9.11. The fraction of sp³-hybridized carbons (Fsp3) is 0.286. The van der Waals surface area contributed by atoms with Crippen LogP contribution in [0.25, 0.3) is 0 Å². The number of rotatable bonds is 4. The van der Waals surface area contributed by atoms with Gasteiger partial charge in [0.25, 0.3) is 0 Å². The molecule has 0 fully saturated rings. The number of alkyl halides is 3. The number of hydrogen-bond donors (Lipinski definition) is 1. The summed E-state index contributed by atoms with van der Waals surface area (Å²) in [5, 5.41) is 5.14. The van der Waals surface area contributed by atoms with Gasteiger partial charge in [-0.25, -0.2) is 0 Å². The van der Waals surface area contributed by atoms with Crippen LogP contribution in [-0.4, -0.2) is 7.05 Å². The third-order valence-corrected chi connectivity index (χ3v) is 4.56. The molecule has 0 radical (unpaired) electrons. The van der Waals surface area contributed by atoms with Crippen molar-refractivity contribution in [3.63, 3.8) is 0 Å². The van der Waals surface area contributed by atoms with Gasteiger partial charge in [0.2, 0.25) is 0 Å². The van der Waals surface area contributed by atoms with Crippen LogP contribution in [0.4, 0.5) is 13.2 Å². The molecule has 1 atom stereocenters. The molecule has 1 unspecified atom stereocenters. The summed E-state index contributed by atoms with van der Waals surface area (Å²) in [6, 6.07) is 7.47. The zero-order valence-corrected chi connectivity index (χ0v) is 13.1. The molecule has 0 amide bonds. The molecular weight excluding hydrogens is 351 g/mol. The van der Waals surface area contributed by atoms with Crippen molar-refractivity contribution >= 4 is 27.3 Å². The first-order valence-electron chi connectivity index (χ1n) is 5.97. The molecule has 1 N–H and O–H groups in total. The molecule has 0 spiro atoms. The van der Waals surface area contributed by atoms with Crippen molar-refractivity contribution in [3.8, 4) is 0 Å². The zero-order valence-electron chi connectivity index (χ0n) is 10.7. The van der Waals surface area contributed by atoms with Crippen LogP contribution in [0.3, 0.4) is 0 Å². The Bertz CT molecular complexity index is 580. The lowest BCUT2D eigenvalue weighted by molar-refractivity contribution is -0.137. The van der Waals surface area contributed by atoms with E-state index in [1.165, 1.54) is 12.1 Å². The number of thiophene rings is 1. The summed E-state index contributed by atoms with van der Waals surface area (Å²) >= 11 is 4.96. The van der Waals surface area contributed by atoms with E-state index >= 15 is 0 Å². The van der Waals surface area contributed by atoms with Gasteiger partial charge in [-0.05, 0) is 58.0 Å². The van der Waals surface area contributed by atoms with Gasteiger partial charge in [-0.3, -0.25) is 0 Å². The molecule has 0 saturated heterocycles. The smallest absolute Gasteiger partial charge is 0.313 e. The van der Waals surface area contributed by atoms with Crippen molar-refractivity contribution in [1.82, 2.24) is 5.32 Å². The van der Waals surface area contributed by atoms with Gasteiger partial charge < -0.3 is 5.32 Å². The number of benzene rings is 1. The Hall–Kier alpha value is -0.850. The van der Waals surface area contributed by atoms with E-state index in [9.17, 15) is 13.2 Å². The van der Waals surface area contributed by atoms with Crippen LogP contribution in [0.15, 0.2) is 39.5 Å². The van der Waals surface area contributed by atoms with E-state index < -0.39 is 11.7 Å². The average Bonchev–Trinajstić information content (AvgIpc) is 2.82. The Morgan fingerprint density at radius 3 is 2.60 bits per heavy atom. The van der Waals surface area contributed by atoms with Gasteiger partial charge in [0, 0.05) is 6.04 Å². The third kappa shape index (κ3) is 3.84. The quantitative estimate of drug-likeness (QED) is 0.802. The maximum Gasteiger partial charge on any atom is 0.416 e. The Morgan fingerprint density at radius 2 is 2.05 bits per heavy atom. The minimum Gasteiger partial charge on any atom is -0.313 e. The maximum absolute atomic E-state index is 12.7. The van der Waals surface area contributed by atoms with Crippen molar-refractivity contribution in [2.45, 2.75) is 18.6 Å². The van der Waals surface area contributed by atoms with Gasteiger partial charge in [0.1, 0.15) is 0 Å². The molecule has 0 saturated carbocycles. The van der Waals surface area contributed by atoms with Crippen LogP contribution < -0.4 is 5.32 Å². The number of nitrogens with one attached hydrogen (secondary N) is 1. The zero-order chi connectivity index (χ0) is 14.8. The van der Waals surface area contributed by atoms with Crippen molar-refractivity contribution < 1.29 is 13.2 Å². The second kappa shape index (κ2) is 6.28. The van der Waals surface area contributed by atoms with Gasteiger partial charge in [-0.15, -0.1) is 11.3 Å². The van der Waals surface area contributed by atoms with E-state index in [1.54, 1.807) is 17.4 Å². The normalized spacial score (nSPS) is 13.4. The minimum absolute atomic E-state index is 0.000957. The van der Waals surface area contributed by atoms with Crippen molar-refractivity contribution in [2.24, 2.45) is 0 Å². The molecule has 108 valence electrons. The van der Waals surface area contributed by atoms with Crippen LogP contribution in [0.2, 0.25) is 0 Å². The summed E-state index contributed by atoms with van der Waals surface area (Å²) in [4.78, 5) is 0. The molecule has 1 heterocycles. The van der Waals surface area contributed by atoms with Crippen LogP contribution in [0.1, 0.15) is 22.7 Å². The van der Waals surface area contributed by atoms with Gasteiger partial charge in [-0.2, -0.15) is 13.2 Å². The summed E-state index contributed by atoms with van der Waals surface area (Å²) in [6.45, 7) is 0. The first kappa shape index (κ1) is 15.5. The van der Waals surface area contributed by atoms with Gasteiger partial charge in [0.05, 0.1) is 9.35 Å². The van der Waals surface area contributed by atoms with Crippen molar-refractivity contribution in [3.05, 3.63) is 56.2 Å². The van der Waals surface area contributed by atoms with E-state index in [4.69, 9.17) is 0 Å². The molecule has 1 aromatic carbocycles. The maximum atomic E-state index is 12.7. The van der Waals surface area contributed by atoms with Gasteiger partial charge in [-0.1, -0.05) is 18.2 Å². The predicted molar refractivity (Wildman–Crippen MR) is 79.0 cm³/mol. The fourth-order valence-electron chi connectivity index (χ4n) is 2.00. The largest absolute Gasteiger partial charge is 0.416 e. The Labute approximate surface area is 128 Å². The SMILES string of the molecule is CNC(Cc1cccc(C(F)(F)F)c1)c1csc(Br)c1. The molecule has 0 aliphatic carbocycles. The molecule has 1 nitrogen and oxygen atoms in total. The van der Waals surface area contributed by atoms with Crippen LogP contribution >= 0.6 is 27.3 Å². The molecule has 2 rings (SSSR count). The highest BCUT2D eigenvalue weighted by Crippen LogP contribution is 2.31. The van der Waals surface area contributed by atoms with E-state index in [1.807, 2.05) is 18.5 Å². The highest BCUT2D eigenvalue weighted by atomic mass is 79.9. The molecule has 1 aromatic heterocycles. The lowest BCUT2D eigenvalue weighted by Gasteiger charge is -2.16. The fourth-order valence-corrected chi connectivity index (χ4v) is 3.23. The minimum atomic E-state index is -4.30. The topological polar surface area (TPSA) is 12.0 Å². The monoisotopic (exact) mass is 363 g/mol. The summed E-state index contributed by atoms with van der Waals surface area (Å²) in [7, 11) is 1.81. The van der Waals surface area contributed by atoms with Crippen LogP contribution in [0, 0.1) is 0 Å². The third-order valence-electron chi connectivity index (χ3n) is 3.03. The second-order valence-electron chi connectivity index (χ2n) is 4.43. The lowest BCUT2D eigenvalue weighted by Crippen LogP contribution is -2.18. The predicted octanol–water partition coefficient (Wildman–Crippen LogP) is 5.03. The molecule has 0 aliphatic rings. The van der Waals surface area contributed by atoms with Crippen LogP contribution in [0.5, 0.6) is 0 Å². The first-order chi connectivity index (χ1) is 9.40. The molecule has 2 aromatic rings. The van der Waals surface area contributed by atoms with E-state index in [0.717, 1.165) is 15.4 Å². The van der Waals surface area contributed by atoms with Crippen LogP contribution in [-0.2, 0) is 12.6 Å².